The number of nitrogens with one attached hydrogen (secondary N) is 1. The highest BCUT2D eigenvalue weighted by Gasteiger charge is 2.19. The Morgan fingerprint density at radius 3 is 2.81 bits per heavy atom. The molecule has 1 atom stereocenters. The van der Waals surface area contributed by atoms with Crippen molar-refractivity contribution in [2.24, 2.45) is 0 Å². The number of imidazole rings is 1. The molecule has 2 aromatic rings. The molecule has 112 valence electrons. The summed E-state index contributed by atoms with van der Waals surface area (Å²) in [5, 5.41) is 0. The minimum atomic E-state index is -0.196. The molecule has 1 aliphatic rings. The minimum Gasteiger partial charge on any atom is -0.377 e. The first-order valence-corrected chi connectivity index (χ1v) is 7.35. The first-order valence-electron chi connectivity index (χ1n) is 7.35. The molecule has 0 aliphatic carbocycles. The number of rotatable bonds is 6. The van der Waals surface area contributed by atoms with Crippen LogP contribution >= 0.6 is 0 Å². The van der Waals surface area contributed by atoms with E-state index >= 15 is 0 Å². The Balaban J connectivity index is 1.66. The van der Waals surface area contributed by atoms with Crippen LogP contribution in [0.15, 0.2) is 36.8 Å². The van der Waals surface area contributed by atoms with Gasteiger partial charge in [-0.05, 0) is 30.5 Å². The molecule has 3 rings (SSSR count). The maximum atomic E-state index is 13.0. The summed E-state index contributed by atoms with van der Waals surface area (Å²) in [7, 11) is 0. The van der Waals surface area contributed by atoms with Gasteiger partial charge in [-0.3, -0.25) is 4.90 Å². The third-order valence-corrected chi connectivity index (χ3v) is 3.75. The Kier molecular flexibility index (Phi) is 4.62. The largest absolute Gasteiger partial charge is 0.377 e. The van der Waals surface area contributed by atoms with Crippen LogP contribution in [0.4, 0.5) is 4.39 Å². The van der Waals surface area contributed by atoms with Crippen molar-refractivity contribution >= 4 is 0 Å². The fourth-order valence-electron chi connectivity index (χ4n) is 2.72. The summed E-state index contributed by atoms with van der Waals surface area (Å²) in [4.78, 5) is 9.51. The van der Waals surface area contributed by atoms with E-state index in [0.717, 1.165) is 50.3 Å². The molecule has 0 amide bonds. The second kappa shape index (κ2) is 6.83. The Morgan fingerprint density at radius 2 is 2.14 bits per heavy atom. The molecule has 1 fully saturated rings. The standard InChI is InChI=1S/C16H20FN3O/c17-14-5-3-13(4-6-14)9-20(10-15-8-18-12-19-15)11-16-2-1-7-21-16/h3-6,8,12,16H,1-2,7,9-11H2,(H,18,19)/t16-/m0/s1. The smallest absolute Gasteiger partial charge is 0.123 e. The predicted octanol–water partition coefficient (Wildman–Crippen LogP) is 2.73. The van der Waals surface area contributed by atoms with Crippen LogP contribution in [-0.2, 0) is 17.8 Å². The summed E-state index contributed by atoms with van der Waals surface area (Å²) in [5.74, 6) is -0.196. The van der Waals surface area contributed by atoms with Gasteiger partial charge in [0.2, 0.25) is 0 Å². The number of nitrogens with zero attached hydrogens (tertiary/aromatic N) is 2. The number of benzene rings is 1. The van der Waals surface area contributed by atoms with Gasteiger partial charge in [0.1, 0.15) is 5.82 Å². The molecular weight excluding hydrogens is 269 g/mol. The molecular formula is C16H20FN3O. The Morgan fingerprint density at radius 1 is 1.29 bits per heavy atom. The summed E-state index contributed by atoms with van der Waals surface area (Å²) >= 11 is 0. The second-order valence-electron chi connectivity index (χ2n) is 5.51. The summed E-state index contributed by atoms with van der Waals surface area (Å²) in [6.07, 6.45) is 6.08. The summed E-state index contributed by atoms with van der Waals surface area (Å²) in [6, 6.07) is 6.70. The van der Waals surface area contributed by atoms with Crippen LogP contribution in [0.3, 0.4) is 0 Å². The molecule has 1 aromatic heterocycles. The zero-order chi connectivity index (χ0) is 14.5. The van der Waals surface area contributed by atoms with Gasteiger partial charge in [-0.2, -0.15) is 0 Å². The highest BCUT2D eigenvalue weighted by atomic mass is 19.1. The van der Waals surface area contributed by atoms with Crippen LogP contribution in [0.2, 0.25) is 0 Å². The molecule has 5 heteroatoms. The molecule has 4 nitrogen and oxygen atoms in total. The van der Waals surface area contributed by atoms with Crippen molar-refractivity contribution < 1.29 is 9.13 Å². The first kappa shape index (κ1) is 14.2. The quantitative estimate of drug-likeness (QED) is 0.889. The van der Waals surface area contributed by atoms with Crippen LogP contribution in [0.25, 0.3) is 0 Å². The van der Waals surface area contributed by atoms with E-state index in [-0.39, 0.29) is 5.82 Å². The van der Waals surface area contributed by atoms with Crippen molar-refractivity contribution in [3.05, 3.63) is 53.9 Å². The van der Waals surface area contributed by atoms with Crippen molar-refractivity contribution in [2.75, 3.05) is 13.2 Å². The van der Waals surface area contributed by atoms with Gasteiger partial charge in [0, 0.05) is 38.1 Å². The van der Waals surface area contributed by atoms with Gasteiger partial charge in [0.15, 0.2) is 0 Å². The van der Waals surface area contributed by atoms with E-state index in [4.69, 9.17) is 4.74 Å². The summed E-state index contributed by atoms with van der Waals surface area (Å²) in [6.45, 7) is 3.31. The first-order chi connectivity index (χ1) is 10.3. The molecule has 21 heavy (non-hydrogen) atoms. The number of hydrogen-bond acceptors (Lipinski definition) is 3. The number of aromatic nitrogens is 2. The lowest BCUT2D eigenvalue weighted by atomic mass is 10.1. The van der Waals surface area contributed by atoms with Crippen LogP contribution in [0.5, 0.6) is 0 Å². The third-order valence-electron chi connectivity index (χ3n) is 3.75. The Labute approximate surface area is 124 Å². The van der Waals surface area contributed by atoms with Gasteiger partial charge in [-0.25, -0.2) is 9.37 Å². The van der Waals surface area contributed by atoms with Gasteiger partial charge < -0.3 is 9.72 Å². The number of H-pyrrole nitrogens is 1. The fraction of sp³-hybridized carbons (Fsp3) is 0.438. The highest BCUT2D eigenvalue weighted by molar-refractivity contribution is 5.16. The van der Waals surface area contributed by atoms with E-state index in [1.807, 2.05) is 18.3 Å². The molecule has 2 heterocycles. The minimum absolute atomic E-state index is 0.196. The number of hydrogen-bond donors (Lipinski definition) is 1. The maximum absolute atomic E-state index is 13.0. The monoisotopic (exact) mass is 289 g/mol. The molecule has 0 bridgehead atoms. The van der Waals surface area contributed by atoms with Crippen LogP contribution in [0, 0.1) is 5.82 Å². The molecule has 0 spiro atoms. The molecule has 0 saturated carbocycles. The van der Waals surface area contributed by atoms with Crippen molar-refractivity contribution in [3.63, 3.8) is 0 Å². The van der Waals surface area contributed by atoms with Crippen LogP contribution in [-0.4, -0.2) is 34.1 Å². The van der Waals surface area contributed by atoms with Crippen molar-refractivity contribution in [2.45, 2.75) is 32.0 Å². The number of aromatic amines is 1. The van der Waals surface area contributed by atoms with Gasteiger partial charge in [-0.1, -0.05) is 12.1 Å². The highest BCUT2D eigenvalue weighted by Crippen LogP contribution is 2.16. The third kappa shape index (κ3) is 4.12. The lowest BCUT2D eigenvalue weighted by Gasteiger charge is -2.24. The average molecular weight is 289 g/mol. The molecule has 0 radical (unpaired) electrons. The fourth-order valence-corrected chi connectivity index (χ4v) is 2.72. The van der Waals surface area contributed by atoms with Crippen LogP contribution < -0.4 is 0 Å². The second-order valence-corrected chi connectivity index (χ2v) is 5.51. The molecule has 1 aromatic carbocycles. The van der Waals surface area contributed by atoms with Crippen molar-refractivity contribution in [1.82, 2.24) is 14.9 Å². The molecule has 1 aliphatic heterocycles. The Hall–Kier alpha value is -1.72. The van der Waals surface area contributed by atoms with E-state index in [2.05, 4.69) is 14.9 Å². The normalized spacial score (nSPS) is 18.5. The molecule has 0 unspecified atom stereocenters. The predicted molar refractivity (Wildman–Crippen MR) is 78.1 cm³/mol. The van der Waals surface area contributed by atoms with E-state index in [1.54, 1.807) is 6.33 Å². The summed E-state index contributed by atoms with van der Waals surface area (Å²) in [5.41, 5.74) is 2.18. The van der Waals surface area contributed by atoms with Gasteiger partial charge in [0.25, 0.3) is 0 Å². The summed E-state index contributed by atoms with van der Waals surface area (Å²) < 4.78 is 18.7. The number of ether oxygens (including phenoxy) is 1. The van der Waals surface area contributed by atoms with Gasteiger partial charge in [-0.15, -0.1) is 0 Å². The van der Waals surface area contributed by atoms with Crippen molar-refractivity contribution in [1.29, 1.82) is 0 Å². The lowest BCUT2D eigenvalue weighted by Crippen LogP contribution is -2.31. The van der Waals surface area contributed by atoms with E-state index in [1.165, 1.54) is 12.1 Å². The molecule has 1 saturated heterocycles. The number of halogens is 1. The van der Waals surface area contributed by atoms with Crippen LogP contribution in [0.1, 0.15) is 24.1 Å². The zero-order valence-corrected chi connectivity index (χ0v) is 12.0. The van der Waals surface area contributed by atoms with E-state index in [0.29, 0.717) is 6.10 Å². The van der Waals surface area contributed by atoms with Crippen molar-refractivity contribution in [3.8, 4) is 0 Å². The maximum Gasteiger partial charge on any atom is 0.123 e. The van der Waals surface area contributed by atoms with Gasteiger partial charge >= 0.3 is 0 Å². The average Bonchev–Trinajstić information content (AvgIpc) is 3.15. The Bertz CT molecular complexity index is 535. The van der Waals surface area contributed by atoms with E-state index in [9.17, 15) is 4.39 Å². The van der Waals surface area contributed by atoms with Gasteiger partial charge in [0.05, 0.1) is 12.4 Å². The topological polar surface area (TPSA) is 41.2 Å². The zero-order valence-electron chi connectivity index (χ0n) is 12.0. The lowest BCUT2D eigenvalue weighted by molar-refractivity contribution is 0.0675. The SMILES string of the molecule is Fc1ccc(CN(Cc2cnc[nH]2)C[C@@H]2CCCO2)cc1. The van der Waals surface area contributed by atoms with E-state index < -0.39 is 0 Å². The molecule has 1 N–H and O–H groups in total.